The van der Waals surface area contributed by atoms with Crippen molar-refractivity contribution in [3.8, 4) is 11.5 Å². The van der Waals surface area contributed by atoms with Crippen molar-refractivity contribution in [1.82, 2.24) is 0 Å². The van der Waals surface area contributed by atoms with Gasteiger partial charge in [-0.3, -0.25) is 0 Å². The molecule has 0 bridgehead atoms. The second kappa shape index (κ2) is 11.5. The van der Waals surface area contributed by atoms with Crippen molar-refractivity contribution in [3.63, 3.8) is 0 Å². The van der Waals surface area contributed by atoms with E-state index in [-0.39, 0.29) is 23.5 Å². The van der Waals surface area contributed by atoms with E-state index in [1.54, 1.807) is 25.1 Å². The van der Waals surface area contributed by atoms with E-state index < -0.39 is 5.97 Å². The Balaban J connectivity index is 2.61. The number of unbranched alkanes of at least 4 members (excludes halogenated alkanes) is 1. The number of allylic oxidation sites excluding steroid dienone is 1. The van der Waals surface area contributed by atoms with Gasteiger partial charge in [0.15, 0.2) is 0 Å². The summed E-state index contributed by atoms with van der Waals surface area (Å²) < 4.78 is 10.3. The number of methoxy groups -OCH3 is 2. The van der Waals surface area contributed by atoms with Crippen molar-refractivity contribution < 1.29 is 29.6 Å². The van der Waals surface area contributed by atoms with Crippen LogP contribution in [0, 0.1) is 0 Å². The number of aliphatic hydroxyl groups is 2. The molecule has 0 aromatic heterocycles. The number of aromatic carboxylic acids is 1. The van der Waals surface area contributed by atoms with E-state index in [0.29, 0.717) is 30.6 Å². The van der Waals surface area contributed by atoms with Crippen molar-refractivity contribution in [2.45, 2.75) is 57.7 Å². The van der Waals surface area contributed by atoms with Crippen molar-refractivity contribution in [3.05, 3.63) is 29.3 Å². The zero-order chi connectivity index (χ0) is 19.5. The summed E-state index contributed by atoms with van der Waals surface area (Å²) in [6, 6.07) is 3.21. The summed E-state index contributed by atoms with van der Waals surface area (Å²) in [5.41, 5.74) is 0.619. The number of hydrogen-bond donors (Lipinski definition) is 3. The Morgan fingerprint density at radius 3 is 2.38 bits per heavy atom. The van der Waals surface area contributed by atoms with E-state index >= 15 is 0 Å². The summed E-state index contributed by atoms with van der Waals surface area (Å²) in [5, 5.41) is 28.6. The lowest BCUT2D eigenvalue weighted by molar-refractivity contribution is 0.0693. The van der Waals surface area contributed by atoms with Gasteiger partial charge in [0.25, 0.3) is 0 Å². The molecule has 0 heterocycles. The van der Waals surface area contributed by atoms with Crippen LogP contribution in [-0.2, 0) is 0 Å². The van der Waals surface area contributed by atoms with Crippen LogP contribution in [0.1, 0.15) is 61.4 Å². The van der Waals surface area contributed by atoms with E-state index in [0.717, 1.165) is 19.3 Å². The fourth-order valence-corrected chi connectivity index (χ4v) is 2.72. The normalized spacial score (nSPS) is 13.6. The minimum atomic E-state index is -1.06. The van der Waals surface area contributed by atoms with Gasteiger partial charge in [-0.1, -0.05) is 12.2 Å². The fraction of sp³-hybridized carbons (Fsp3) is 0.550. The summed E-state index contributed by atoms with van der Waals surface area (Å²) in [5.74, 6) is -0.275. The van der Waals surface area contributed by atoms with Crippen molar-refractivity contribution in [2.24, 2.45) is 0 Å². The number of rotatable bonds is 12. The van der Waals surface area contributed by atoms with Gasteiger partial charge in [0.2, 0.25) is 0 Å². The molecule has 0 aliphatic heterocycles. The van der Waals surface area contributed by atoms with E-state index in [2.05, 4.69) is 0 Å². The average molecular weight is 366 g/mol. The highest BCUT2D eigenvalue weighted by atomic mass is 16.5. The van der Waals surface area contributed by atoms with Crippen LogP contribution < -0.4 is 9.47 Å². The van der Waals surface area contributed by atoms with Crippen LogP contribution in [0.15, 0.2) is 18.2 Å². The number of carboxylic acid groups (broad SMARTS) is 1. The largest absolute Gasteiger partial charge is 0.497 e. The van der Waals surface area contributed by atoms with Gasteiger partial charge in [-0.15, -0.1) is 0 Å². The Hall–Kier alpha value is -2.05. The van der Waals surface area contributed by atoms with Crippen LogP contribution in [0.2, 0.25) is 0 Å². The first-order chi connectivity index (χ1) is 12.4. The fourth-order valence-electron chi connectivity index (χ4n) is 2.72. The summed E-state index contributed by atoms with van der Waals surface area (Å²) >= 11 is 0. The Labute approximate surface area is 155 Å². The third-order valence-corrected chi connectivity index (χ3v) is 4.14. The van der Waals surface area contributed by atoms with E-state index in [1.165, 1.54) is 14.2 Å². The van der Waals surface area contributed by atoms with Crippen LogP contribution in [0.25, 0.3) is 6.08 Å². The van der Waals surface area contributed by atoms with E-state index in [4.69, 9.17) is 9.47 Å². The molecule has 2 atom stereocenters. The van der Waals surface area contributed by atoms with Crippen molar-refractivity contribution in [1.29, 1.82) is 0 Å². The molecule has 0 fully saturated rings. The molecule has 1 aromatic carbocycles. The molecular formula is C20H30O6. The molecule has 1 rings (SSSR count). The number of ether oxygens (including phenoxy) is 2. The van der Waals surface area contributed by atoms with Gasteiger partial charge >= 0.3 is 5.97 Å². The standard InChI is InChI=1S/C20H30O6/c1-14(21)8-7-11-16(22)10-6-4-5-9-15-12-17(25-2)13-18(26-3)19(15)20(23)24/h5,9,12-14,16,21-22H,4,6-8,10-11H2,1-3H3,(H,23,24)/t14-,16+/m0/s1. The van der Waals surface area contributed by atoms with E-state index in [9.17, 15) is 20.1 Å². The topological polar surface area (TPSA) is 96.2 Å². The van der Waals surface area contributed by atoms with Crippen LogP contribution >= 0.6 is 0 Å². The summed E-state index contributed by atoms with van der Waals surface area (Å²) in [6.45, 7) is 1.75. The van der Waals surface area contributed by atoms with Crippen molar-refractivity contribution in [2.75, 3.05) is 14.2 Å². The third kappa shape index (κ3) is 7.45. The zero-order valence-electron chi connectivity index (χ0n) is 15.8. The van der Waals surface area contributed by atoms with Crippen LogP contribution in [-0.4, -0.2) is 47.7 Å². The highest BCUT2D eigenvalue weighted by Gasteiger charge is 2.17. The van der Waals surface area contributed by atoms with Crippen LogP contribution in [0.4, 0.5) is 0 Å². The molecule has 0 radical (unpaired) electrons. The summed E-state index contributed by atoms with van der Waals surface area (Å²) in [7, 11) is 2.94. The molecule has 0 unspecified atom stereocenters. The molecule has 0 amide bonds. The Bertz CT molecular complexity index is 594. The van der Waals surface area contributed by atoms with Crippen molar-refractivity contribution >= 4 is 12.0 Å². The first-order valence-electron chi connectivity index (χ1n) is 8.91. The second-order valence-electron chi connectivity index (χ2n) is 6.37. The number of carboxylic acids is 1. The number of aliphatic hydroxyl groups excluding tert-OH is 2. The maximum absolute atomic E-state index is 11.5. The molecule has 26 heavy (non-hydrogen) atoms. The van der Waals surface area contributed by atoms with Gasteiger partial charge in [-0.25, -0.2) is 4.79 Å². The average Bonchev–Trinajstić information content (AvgIpc) is 2.59. The molecule has 6 nitrogen and oxygen atoms in total. The molecule has 0 aliphatic carbocycles. The lowest BCUT2D eigenvalue weighted by atomic mass is 10.0. The third-order valence-electron chi connectivity index (χ3n) is 4.14. The quantitative estimate of drug-likeness (QED) is 0.490. The summed E-state index contributed by atoms with van der Waals surface area (Å²) in [4.78, 5) is 11.5. The highest BCUT2D eigenvalue weighted by molar-refractivity contribution is 5.95. The maximum atomic E-state index is 11.5. The Morgan fingerprint density at radius 1 is 1.12 bits per heavy atom. The molecule has 1 aromatic rings. The first kappa shape index (κ1) is 22.0. The van der Waals surface area contributed by atoms with Crippen LogP contribution in [0.5, 0.6) is 11.5 Å². The highest BCUT2D eigenvalue weighted by Crippen LogP contribution is 2.30. The molecule has 0 saturated carbocycles. The number of carbonyl (C=O) groups is 1. The second-order valence-corrected chi connectivity index (χ2v) is 6.37. The predicted molar refractivity (Wildman–Crippen MR) is 101 cm³/mol. The lowest BCUT2D eigenvalue weighted by Gasteiger charge is -2.11. The van der Waals surface area contributed by atoms with Gasteiger partial charge in [0.05, 0.1) is 26.4 Å². The van der Waals surface area contributed by atoms with Gasteiger partial charge in [0.1, 0.15) is 17.1 Å². The van der Waals surface area contributed by atoms with Crippen LogP contribution in [0.3, 0.4) is 0 Å². The molecule has 0 saturated heterocycles. The Morgan fingerprint density at radius 2 is 1.81 bits per heavy atom. The zero-order valence-corrected chi connectivity index (χ0v) is 15.8. The molecule has 3 N–H and O–H groups in total. The molecular weight excluding hydrogens is 336 g/mol. The molecule has 146 valence electrons. The van der Waals surface area contributed by atoms with Gasteiger partial charge < -0.3 is 24.8 Å². The number of hydrogen-bond acceptors (Lipinski definition) is 5. The predicted octanol–water partition coefficient (Wildman–Crippen LogP) is 3.50. The number of benzene rings is 1. The Kier molecular flexibility index (Phi) is 9.76. The summed E-state index contributed by atoms with van der Waals surface area (Å²) in [6.07, 6.45) is 7.34. The molecule has 0 aliphatic rings. The first-order valence-corrected chi connectivity index (χ1v) is 8.91. The van der Waals surface area contributed by atoms with Gasteiger partial charge in [-0.05, 0) is 57.1 Å². The monoisotopic (exact) mass is 366 g/mol. The SMILES string of the molecule is COc1cc(C=CCCC[C@@H](O)CCC[C@H](C)O)c(C(=O)O)c(OC)c1. The minimum absolute atomic E-state index is 0.0997. The van der Waals surface area contributed by atoms with Gasteiger partial charge in [0, 0.05) is 6.07 Å². The maximum Gasteiger partial charge on any atom is 0.340 e. The lowest BCUT2D eigenvalue weighted by Crippen LogP contribution is -2.08. The smallest absolute Gasteiger partial charge is 0.340 e. The molecule has 0 spiro atoms. The van der Waals surface area contributed by atoms with Gasteiger partial charge in [-0.2, -0.15) is 0 Å². The molecule has 6 heteroatoms. The minimum Gasteiger partial charge on any atom is -0.497 e. The van der Waals surface area contributed by atoms with E-state index in [1.807, 2.05) is 6.08 Å².